The normalized spacial score (nSPS) is 10.9. The van der Waals surface area contributed by atoms with E-state index in [0.717, 1.165) is 12.1 Å². The highest BCUT2D eigenvalue weighted by atomic mass is 35.5. The maximum absolute atomic E-state index is 13.9. The first-order valence-electron chi connectivity index (χ1n) is 6.41. The summed E-state index contributed by atoms with van der Waals surface area (Å²) in [7, 11) is 0. The summed E-state index contributed by atoms with van der Waals surface area (Å²) in [6.07, 6.45) is 0. The van der Waals surface area contributed by atoms with Crippen LogP contribution in [-0.4, -0.2) is 10.3 Å². The molecule has 0 aliphatic carbocycles. The molecule has 0 spiro atoms. The lowest BCUT2D eigenvalue weighted by atomic mass is 10.0. The van der Waals surface area contributed by atoms with Crippen molar-refractivity contribution in [1.29, 1.82) is 0 Å². The number of benzene rings is 2. The molecule has 0 amide bonds. The molecule has 6 heteroatoms. The van der Waals surface area contributed by atoms with Crippen LogP contribution in [0.15, 0.2) is 47.0 Å². The van der Waals surface area contributed by atoms with Gasteiger partial charge in [0.05, 0.1) is 22.8 Å². The van der Waals surface area contributed by atoms with Crippen molar-refractivity contribution in [2.45, 2.75) is 6.61 Å². The zero-order chi connectivity index (χ0) is 15.7. The van der Waals surface area contributed by atoms with E-state index in [2.05, 4.69) is 5.16 Å². The van der Waals surface area contributed by atoms with Crippen molar-refractivity contribution in [2.75, 3.05) is 0 Å². The van der Waals surface area contributed by atoms with Crippen molar-refractivity contribution in [3.05, 3.63) is 64.7 Å². The van der Waals surface area contributed by atoms with Crippen LogP contribution in [0.3, 0.4) is 0 Å². The number of halogens is 3. The van der Waals surface area contributed by atoms with Gasteiger partial charge in [-0.15, -0.1) is 0 Å². The van der Waals surface area contributed by atoms with E-state index in [1.807, 2.05) is 0 Å². The third kappa shape index (κ3) is 2.49. The average molecular weight is 322 g/mol. The zero-order valence-electron chi connectivity index (χ0n) is 11.2. The van der Waals surface area contributed by atoms with Gasteiger partial charge < -0.3 is 9.63 Å². The predicted molar refractivity (Wildman–Crippen MR) is 78.2 cm³/mol. The molecular weight excluding hydrogens is 312 g/mol. The summed E-state index contributed by atoms with van der Waals surface area (Å²) in [5, 5.41) is 13.9. The molecule has 3 aromatic rings. The monoisotopic (exact) mass is 321 g/mol. The van der Waals surface area contributed by atoms with Crippen molar-refractivity contribution in [3.8, 4) is 22.6 Å². The van der Waals surface area contributed by atoms with Crippen LogP contribution >= 0.6 is 11.6 Å². The Morgan fingerprint density at radius 3 is 2.55 bits per heavy atom. The fourth-order valence-electron chi connectivity index (χ4n) is 2.21. The minimum Gasteiger partial charge on any atom is -0.391 e. The van der Waals surface area contributed by atoms with E-state index in [1.165, 1.54) is 6.07 Å². The molecule has 2 aromatic carbocycles. The minimum absolute atomic E-state index is 0.0243. The largest absolute Gasteiger partial charge is 0.391 e. The Kier molecular flexibility index (Phi) is 3.92. The summed E-state index contributed by atoms with van der Waals surface area (Å²) >= 11 is 6.11. The van der Waals surface area contributed by atoms with Gasteiger partial charge in [-0.1, -0.05) is 35.0 Å². The molecule has 0 aliphatic heterocycles. The Hall–Kier alpha value is -2.24. The molecule has 0 aliphatic rings. The predicted octanol–water partition coefficient (Wildman–Crippen LogP) is 4.43. The second-order valence-corrected chi connectivity index (χ2v) is 5.01. The molecule has 0 atom stereocenters. The first-order valence-corrected chi connectivity index (χ1v) is 6.79. The Morgan fingerprint density at radius 1 is 1.09 bits per heavy atom. The summed E-state index contributed by atoms with van der Waals surface area (Å²) in [6.45, 7) is -0.420. The van der Waals surface area contributed by atoms with Crippen molar-refractivity contribution in [1.82, 2.24) is 5.16 Å². The molecule has 1 heterocycles. The van der Waals surface area contributed by atoms with E-state index in [1.54, 1.807) is 24.3 Å². The molecule has 0 fully saturated rings. The van der Waals surface area contributed by atoms with Crippen LogP contribution in [0.4, 0.5) is 8.78 Å². The van der Waals surface area contributed by atoms with E-state index in [9.17, 15) is 13.9 Å². The van der Waals surface area contributed by atoms with E-state index in [4.69, 9.17) is 16.1 Å². The Balaban J connectivity index is 2.18. The van der Waals surface area contributed by atoms with Crippen LogP contribution in [0, 0.1) is 11.6 Å². The Bertz CT molecular complexity index is 833. The van der Waals surface area contributed by atoms with Gasteiger partial charge >= 0.3 is 0 Å². The molecule has 0 saturated carbocycles. The fraction of sp³-hybridized carbons (Fsp3) is 0.0625. The van der Waals surface area contributed by atoms with Crippen LogP contribution < -0.4 is 0 Å². The van der Waals surface area contributed by atoms with E-state index >= 15 is 0 Å². The van der Waals surface area contributed by atoms with Gasteiger partial charge in [0.25, 0.3) is 0 Å². The number of rotatable bonds is 3. The summed E-state index contributed by atoms with van der Waals surface area (Å²) in [6, 6.07) is 9.99. The molecule has 3 rings (SSSR count). The molecule has 3 nitrogen and oxygen atoms in total. The lowest BCUT2D eigenvalue weighted by Gasteiger charge is -2.04. The van der Waals surface area contributed by atoms with Crippen LogP contribution in [0.1, 0.15) is 5.56 Å². The number of hydrogen-bond donors (Lipinski definition) is 1. The van der Waals surface area contributed by atoms with Gasteiger partial charge in [-0.3, -0.25) is 0 Å². The summed E-state index contributed by atoms with van der Waals surface area (Å²) in [5.41, 5.74) is 1.20. The number of hydrogen-bond acceptors (Lipinski definition) is 3. The Labute approximate surface area is 129 Å². The first-order chi connectivity index (χ1) is 10.6. The molecule has 1 N–H and O–H groups in total. The maximum atomic E-state index is 13.9. The summed E-state index contributed by atoms with van der Waals surface area (Å²) in [4.78, 5) is 0. The van der Waals surface area contributed by atoms with Gasteiger partial charge in [-0.05, 0) is 18.2 Å². The van der Waals surface area contributed by atoms with Crippen LogP contribution in [-0.2, 0) is 6.61 Å². The SMILES string of the molecule is OCc1c(-c2ccccc2Cl)noc1-c1ccc(F)cc1F. The van der Waals surface area contributed by atoms with E-state index < -0.39 is 18.2 Å². The topological polar surface area (TPSA) is 46.3 Å². The van der Waals surface area contributed by atoms with Crippen LogP contribution in [0.5, 0.6) is 0 Å². The Morgan fingerprint density at radius 2 is 1.86 bits per heavy atom. The lowest BCUT2D eigenvalue weighted by molar-refractivity contribution is 0.281. The first kappa shape index (κ1) is 14.7. The molecule has 0 radical (unpaired) electrons. The fourth-order valence-corrected chi connectivity index (χ4v) is 2.43. The van der Waals surface area contributed by atoms with Gasteiger partial charge in [0.2, 0.25) is 0 Å². The molecule has 1 aromatic heterocycles. The number of aliphatic hydroxyl groups excluding tert-OH is 1. The second-order valence-electron chi connectivity index (χ2n) is 4.60. The number of aliphatic hydroxyl groups is 1. The molecule has 0 bridgehead atoms. The highest BCUT2D eigenvalue weighted by molar-refractivity contribution is 6.33. The molecular formula is C16H10ClF2NO2. The second kappa shape index (κ2) is 5.87. The van der Waals surface area contributed by atoms with Crippen molar-refractivity contribution in [3.63, 3.8) is 0 Å². The zero-order valence-corrected chi connectivity index (χ0v) is 11.9. The number of aromatic nitrogens is 1. The third-order valence-corrected chi connectivity index (χ3v) is 3.58. The summed E-state index contributed by atoms with van der Waals surface area (Å²) < 4.78 is 32.1. The lowest BCUT2D eigenvalue weighted by Crippen LogP contribution is -1.92. The van der Waals surface area contributed by atoms with Gasteiger partial charge in [-0.25, -0.2) is 8.78 Å². The van der Waals surface area contributed by atoms with Gasteiger partial charge in [0.1, 0.15) is 17.3 Å². The van der Waals surface area contributed by atoms with Gasteiger partial charge in [0.15, 0.2) is 5.76 Å². The quantitative estimate of drug-likeness (QED) is 0.776. The van der Waals surface area contributed by atoms with E-state index in [0.29, 0.717) is 21.8 Å². The molecule has 112 valence electrons. The standard InChI is InChI=1S/C16H10ClF2NO2/c17-13-4-2-1-3-10(13)15-12(8-21)16(22-20-15)11-6-5-9(18)7-14(11)19/h1-7,21H,8H2. The molecule has 0 saturated heterocycles. The van der Waals surface area contributed by atoms with E-state index in [-0.39, 0.29) is 11.3 Å². The van der Waals surface area contributed by atoms with Crippen LogP contribution in [0.2, 0.25) is 5.02 Å². The summed E-state index contributed by atoms with van der Waals surface area (Å²) in [5.74, 6) is -1.44. The average Bonchev–Trinajstić information content (AvgIpc) is 2.91. The van der Waals surface area contributed by atoms with Crippen LogP contribution in [0.25, 0.3) is 22.6 Å². The molecule has 0 unspecified atom stereocenters. The minimum atomic E-state index is -0.795. The van der Waals surface area contributed by atoms with Crippen molar-refractivity contribution < 1.29 is 18.4 Å². The molecule has 22 heavy (non-hydrogen) atoms. The number of nitrogens with zero attached hydrogens (tertiary/aromatic N) is 1. The van der Waals surface area contributed by atoms with Crippen molar-refractivity contribution in [2.24, 2.45) is 0 Å². The van der Waals surface area contributed by atoms with Gasteiger partial charge in [0, 0.05) is 11.6 Å². The highest BCUT2D eigenvalue weighted by Crippen LogP contribution is 2.36. The smallest absolute Gasteiger partial charge is 0.175 e. The van der Waals surface area contributed by atoms with Gasteiger partial charge in [-0.2, -0.15) is 0 Å². The third-order valence-electron chi connectivity index (χ3n) is 3.25. The maximum Gasteiger partial charge on any atom is 0.175 e. The van der Waals surface area contributed by atoms with Crippen molar-refractivity contribution >= 4 is 11.6 Å². The highest BCUT2D eigenvalue weighted by Gasteiger charge is 2.22.